The molecular formula is C13H9N3O4S. The van der Waals surface area contributed by atoms with Gasteiger partial charge >= 0.3 is 11.2 Å². The van der Waals surface area contributed by atoms with Gasteiger partial charge in [-0.15, -0.1) is 0 Å². The van der Waals surface area contributed by atoms with Crippen LogP contribution in [0.3, 0.4) is 0 Å². The summed E-state index contributed by atoms with van der Waals surface area (Å²) in [6.07, 6.45) is 0. The molecule has 0 N–H and O–H groups in total. The maximum Gasteiger partial charge on any atom is 0.327 e. The molecular weight excluding hydrogens is 294 g/mol. The summed E-state index contributed by atoms with van der Waals surface area (Å²) in [6, 6.07) is 10.6. The van der Waals surface area contributed by atoms with E-state index < -0.39 is 4.92 Å². The van der Waals surface area contributed by atoms with Crippen molar-refractivity contribution in [3.05, 3.63) is 57.3 Å². The lowest BCUT2D eigenvalue weighted by molar-refractivity contribution is -0.783. The number of benzene rings is 2. The van der Waals surface area contributed by atoms with Crippen LogP contribution in [-0.2, 0) is 0 Å². The monoisotopic (exact) mass is 303 g/mol. The first-order valence-electron chi connectivity index (χ1n) is 5.97. The number of aryl methyl sites for hydroxylation is 1. The molecule has 0 unspecified atom stereocenters. The lowest BCUT2D eigenvalue weighted by Gasteiger charge is -2.02. The van der Waals surface area contributed by atoms with Crippen molar-refractivity contribution in [3.8, 4) is 0 Å². The van der Waals surface area contributed by atoms with Gasteiger partial charge in [0.25, 0.3) is 0 Å². The van der Waals surface area contributed by atoms with Gasteiger partial charge in [-0.1, -0.05) is 29.5 Å². The molecule has 0 fully saturated rings. The third-order valence-corrected chi connectivity index (χ3v) is 3.98. The Bertz CT molecular complexity index is 829. The Kier molecular flexibility index (Phi) is 3.22. The highest BCUT2D eigenvalue weighted by molar-refractivity contribution is 7.99. The van der Waals surface area contributed by atoms with E-state index in [0.717, 1.165) is 10.5 Å². The second kappa shape index (κ2) is 5.06. The number of nitro groups is 1. The van der Waals surface area contributed by atoms with E-state index in [0.29, 0.717) is 4.90 Å². The highest BCUT2D eigenvalue weighted by Gasteiger charge is 2.26. The van der Waals surface area contributed by atoms with E-state index in [1.807, 2.05) is 31.2 Å². The molecule has 0 aliphatic carbocycles. The normalized spacial score (nSPS) is 10.9. The third-order valence-electron chi connectivity index (χ3n) is 2.93. The molecule has 0 aliphatic heterocycles. The van der Waals surface area contributed by atoms with Crippen molar-refractivity contribution >= 4 is 28.5 Å². The van der Waals surface area contributed by atoms with Crippen molar-refractivity contribution in [2.24, 2.45) is 0 Å². The summed E-state index contributed by atoms with van der Waals surface area (Å²) in [5, 5.41) is 26.1. The molecule has 21 heavy (non-hydrogen) atoms. The molecule has 0 atom stereocenters. The third kappa shape index (κ3) is 2.40. The Morgan fingerprint density at radius 2 is 1.95 bits per heavy atom. The van der Waals surface area contributed by atoms with Crippen LogP contribution in [-0.4, -0.2) is 10.1 Å². The average Bonchev–Trinajstić information content (AvgIpc) is 2.84. The molecule has 7 nitrogen and oxygen atoms in total. The van der Waals surface area contributed by atoms with E-state index >= 15 is 0 Å². The first-order chi connectivity index (χ1) is 10.1. The largest absolute Gasteiger partial charge is 0.359 e. The minimum Gasteiger partial charge on any atom is -0.359 e. The Hall–Kier alpha value is -2.61. The molecule has 0 spiro atoms. The van der Waals surface area contributed by atoms with Crippen molar-refractivity contribution in [2.75, 3.05) is 0 Å². The molecule has 0 aliphatic rings. The van der Waals surface area contributed by atoms with Crippen molar-refractivity contribution in [2.45, 2.75) is 16.7 Å². The zero-order chi connectivity index (χ0) is 15.0. The molecule has 1 aromatic heterocycles. The first-order valence-corrected chi connectivity index (χ1v) is 6.79. The van der Waals surface area contributed by atoms with E-state index in [2.05, 4.69) is 9.79 Å². The van der Waals surface area contributed by atoms with Crippen molar-refractivity contribution in [1.29, 1.82) is 0 Å². The lowest BCUT2D eigenvalue weighted by Crippen LogP contribution is -2.23. The van der Waals surface area contributed by atoms with Gasteiger partial charge in [0.05, 0.1) is 15.0 Å². The summed E-state index contributed by atoms with van der Waals surface area (Å²) in [5.74, 6) is 0. The summed E-state index contributed by atoms with van der Waals surface area (Å²) < 4.78 is 4.50. The Morgan fingerprint density at radius 1 is 1.24 bits per heavy atom. The predicted molar refractivity (Wildman–Crippen MR) is 74.9 cm³/mol. The fourth-order valence-electron chi connectivity index (χ4n) is 1.90. The molecule has 0 bridgehead atoms. The van der Waals surface area contributed by atoms with Crippen LogP contribution < -0.4 is 4.90 Å². The summed E-state index contributed by atoms with van der Waals surface area (Å²) in [7, 11) is 0. The van der Waals surface area contributed by atoms with E-state index in [9.17, 15) is 15.3 Å². The number of hydrogen-bond acceptors (Lipinski definition) is 6. The predicted octanol–water partition coefficient (Wildman–Crippen LogP) is 2.83. The summed E-state index contributed by atoms with van der Waals surface area (Å²) in [6.45, 7) is 1.98. The van der Waals surface area contributed by atoms with Gasteiger partial charge in [0.15, 0.2) is 0 Å². The molecule has 2 aromatic carbocycles. The van der Waals surface area contributed by atoms with Crippen LogP contribution >= 0.6 is 11.8 Å². The lowest BCUT2D eigenvalue weighted by atomic mass is 10.2. The Morgan fingerprint density at radius 3 is 2.62 bits per heavy atom. The maximum absolute atomic E-state index is 11.7. The number of nitro benzene ring substituents is 1. The van der Waals surface area contributed by atoms with Gasteiger partial charge in [0.1, 0.15) is 0 Å². The highest BCUT2D eigenvalue weighted by atomic mass is 32.2. The van der Waals surface area contributed by atoms with Gasteiger partial charge < -0.3 is 5.21 Å². The number of aromatic nitrogens is 2. The van der Waals surface area contributed by atoms with Gasteiger partial charge in [-0.05, 0) is 30.0 Å². The van der Waals surface area contributed by atoms with Gasteiger partial charge in [-0.2, -0.15) is 0 Å². The summed E-state index contributed by atoms with van der Waals surface area (Å²) in [5.41, 5.74) is 0.885. The van der Waals surface area contributed by atoms with Gasteiger partial charge in [-0.25, -0.2) is 0 Å². The highest BCUT2D eigenvalue weighted by Crippen LogP contribution is 2.35. The standard InChI is InChI=1S/C13H9N3O4S/c1-8-2-4-9(5-3-8)21-11-7-6-10(15(17)18)12-13(11)16(19)20-14-12/h2-7H,1H3. The van der Waals surface area contributed by atoms with Gasteiger partial charge in [-0.3, -0.25) is 14.7 Å². The number of hydrogen-bond donors (Lipinski definition) is 0. The number of nitrogens with zero attached hydrogens (tertiary/aromatic N) is 3. The van der Waals surface area contributed by atoms with Crippen molar-refractivity contribution in [3.63, 3.8) is 0 Å². The Balaban J connectivity index is 2.11. The van der Waals surface area contributed by atoms with Crippen molar-refractivity contribution < 1.29 is 14.5 Å². The van der Waals surface area contributed by atoms with Crippen LogP contribution in [0.25, 0.3) is 11.0 Å². The van der Waals surface area contributed by atoms with Gasteiger partial charge in [0, 0.05) is 11.0 Å². The molecule has 8 heteroatoms. The SMILES string of the molecule is Cc1ccc(Sc2ccc([N+](=O)[O-])c3no[n+]([O-])c23)cc1. The summed E-state index contributed by atoms with van der Waals surface area (Å²) in [4.78, 5) is 12.0. The maximum atomic E-state index is 11.7. The summed E-state index contributed by atoms with van der Waals surface area (Å²) >= 11 is 1.32. The Labute approximate surface area is 122 Å². The van der Waals surface area contributed by atoms with E-state index in [1.54, 1.807) is 0 Å². The molecule has 0 saturated heterocycles. The molecule has 0 radical (unpaired) electrons. The first kappa shape index (κ1) is 13.4. The van der Waals surface area contributed by atoms with E-state index in [-0.39, 0.29) is 21.6 Å². The minimum absolute atomic E-state index is 0.0490. The van der Waals surface area contributed by atoms with Crippen molar-refractivity contribution in [1.82, 2.24) is 5.16 Å². The zero-order valence-corrected chi connectivity index (χ0v) is 11.7. The number of non-ortho nitro benzene ring substituents is 1. The van der Waals surface area contributed by atoms with E-state index in [4.69, 9.17) is 0 Å². The molecule has 106 valence electrons. The second-order valence-corrected chi connectivity index (χ2v) is 5.50. The van der Waals surface area contributed by atoms with Crippen LogP contribution in [0, 0.1) is 22.2 Å². The molecule has 3 aromatic rings. The zero-order valence-electron chi connectivity index (χ0n) is 10.8. The molecule has 1 heterocycles. The number of fused-ring (bicyclic) bond motifs is 1. The average molecular weight is 303 g/mol. The molecule has 0 amide bonds. The fourth-order valence-corrected chi connectivity index (χ4v) is 2.83. The van der Waals surface area contributed by atoms with Crippen LogP contribution in [0.5, 0.6) is 0 Å². The van der Waals surface area contributed by atoms with Crippen LogP contribution in [0.15, 0.2) is 50.8 Å². The molecule has 3 rings (SSSR count). The quantitative estimate of drug-likeness (QED) is 0.419. The van der Waals surface area contributed by atoms with Crippen LogP contribution in [0.1, 0.15) is 5.56 Å². The number of rotatable bonds is 3. The van der Waals surface area contributed by atoms with Crippen LogP contribution in [0.4, 0.5) is 5.69 Å². The topological polar surface area (TPSA) is 96.1 Å². The molecule has 0 saturated carbocycles. The van der Waals surface area contributed by atoms with Crippen LogP contribution in [0.2, 0.25) is 0 Å². The van der Waals surface area contributed by atoms with Gasteiger partial charge in [0.2, 0.25) is 5.52 Å². The second-order valence-electron chi connectivity index (χ2n) is 4.38. The smallest absolute Gasteiger partial charge is 0.327 e. The minimum atomic E-state index is -0.592. The van der Waals surface area contributed by atoms with E-state index in [1.165, 1.54) is 23.9 Å². The fraction of sp³-hybridized carbons (Fsp3) is 0.0769.